The number of aromatic amines is 1. The summed E-state index contributed by atoms with van der Waals surface area (Å²) in [6, 6.07) is 4.13. The summed E-state index contributed by atoms with van der Waals surface area (Å²) < 4.78 is 0. The molecule has 1 atom stereocenters. The van der Waals surface area contributed by atoms with Crippen molar-refractivity contribution in [2.75, 3.05) is 11.9 Å². The van der Waals surface area contributed by atoms with E-state index in [1.54, 1.807) is 6.20 Å². The number of pyridine rings is 1. The molecule has 1 saturated heterocycles. The lowest BCUT2D eigenvalue weighted by Crippen LogP contribution is -2.31. The number of hydrogen-bond donors (Lipinski definition) is 2. The molecule has 1 unspecified atom stereocenters. The first kappa shape index (κ1) is 16.5. The minimum atomic E-state index is 0.0427. The molecule has 128 valence electrons. The number of anilines is 1. The zero-order valence-corrected chi connectivity index (χ0v) is 14.8. The van der Waals surface area contributed by atoms with Crippen molar-refractivity contribution in [3.63, 3.8) is 0 Å². The van der Waals surface area contributed by atoms with Crippen LogP contribution in [-0.2, 0) is 0 Å². The van der Waals surface area contributed by atoms with E-state index in [0.29, 0.717) is 11.6 Å². The van der Waals surface area contributed by atoms with Crippen molar-refractivity contribution in [2.24, 2.45) is 0 Å². The van der Waals surface area contributed by atoms with E-state index in [2.05, 4.69) is 34.3 Å². The third-order valence-corrected chi connectivity index (χ3v) is 4.48. The summed E-state index contributed by atoms with van der Waals surface area (Å²) in [5.74, 6) is 0.835. The minimum absolute atomic E-state index is 0.0427. The lowest BCUT2D eigenvalue weighted by molar-refractivity contribution is 0.0734. The van der Waals surface area contributed by atoms with Crippen LogP contribution in [0.5, 0.6) is 0 Å². The van der Waals surface area contributed by atoms with Gasteiger partial charge in [0.1, 0.15) is 5.82 Å². The Morgan fingerprint density at radius 1 is 1.38 bits per heavy atom. The van der Waals surface area contributed by atoms with Gasteiger partial charge in [0.15, 0.2) is 0 Å². The van der Waals surface area contributed by atoms with Crippen LogP contribution in [0, 0.1) is 13.8 Å². The van der Waals surface area contributed by atoms with E-state index in [1.165, 1.54) is 0 Å². The van der Waals surface area contributed by atoms with Crippen molar-refractivity contribution in [3.8, 4) is 0 Å². The molecule has 0 radical (unpaired) electrons. The van der Waals surface area contributed by atoms with Crippen LogP contribution in [0.2, 0.25) is 0 Å². The lowest BCUT2D eigenvalue weighted by atomic mass is 10.0. The van der Waals surface area contributed by atoms with Crippen LogP contribution in [0.1, 0.15) is 60.0 Å². The minimum Gasteiger partial charge on any atom is -0.368 e. The second kappa shape index (κ2) is 6.63. The molecule has 1 aliphatic rings. The fourth-order valence-corrected chi connectivity index (χ4v) is 3.43. The number of rotatable bonds is 4. The van der Waals surface area contributed by atoms with Crippen molar-refractivity contribution >= 4 is 11.7 Å². The first-order valence-corrected chi connectivity index (χ1v) is 8.52. The van der Waals surface area contributed by atoms with Crippen LogP contribution in [0.15, 0.2) is 18.3 Å². The number of H-pyrrole nitrogens is 1. The van der Waals surface area contributed by atoms with Gasteiger partial charge in [-0.15, -0.1) is 0 Å². The van der Waals surface area contributed by atoms with Gasteiger partial charge in [0.25, 0.3) is 5.91 Å². The molecule has 2 aromatic rings. The monoisotopic (exact) mass is 327 g/mol. The van der Waals surface area contributed by atoms with Crippen LogP contribution in [0.3, 0.4) is 0 Å². The lowest BCUT2D eigenvalue weighted by Gasteiger charge is -2.25. The molecule has 2 aromatic heterocycles. The molecule has 0 aromatic carbocycles. The summed E-state index contributed by atoms with van der Waals surface area (Å²) >= 11 is 0. The molecule has 6 nitrogen and oxygen atoms in total. The van der Waals surface area contributed by atoms with Crippen molar-refractivity contribution in [2.45, 2.75) is 52.6 Å². The van der Waals surface area contributed by atoms with E-state index >= 15 is 0 Å². The summed E-state index contributed by atoms with van der Waals surface area (Å²) in [5, 5.41) is 10.6. The Hall–Kier alpha value is -2.37. The van der Waals surface area contributed by atoms with E-state index in [1.807, 2.05) is 30.9 Å². The van der Waals surface area contributed by atoms with E-state index in [-0.39, 0.29) is 11.9 Å². The third-order valence-electron chi connectivity index (χ3n) is 4.48. The van der Waals surface area contributed by atoms with Crippen LogP contribution >= 0.6 is 0 Å². The van der Waals surface area contributed by atoms with Crippen molar-refractivity contribution < 1.29 is 4.79 Å². The van der Waals surface area contributed by atoms with Crippen LogP contribution in [-0.4, -0.2) is 38.6 Å². The number of aromatic nitrogens is 3. The Morgan fingerprint density at radius 3 is 2.75 bits per heavy atom. The maximum atomic E-state index is 12.9. The maximum Gasteiger partial charge on any atom is 0.255 e. The fraction of sp³-hybridized carbons (Fsp3) is 0.500. The fourth-order valence-electron chi connectivity index (χ4n) is 3.43. The van der Waals surface area contributed by atoms with Gasteiger partial charge >= 0.3 is 0 Å². The second-order valence-electron chi connectivity index (χ2n) is 6.74. The average molecular weight is 327 g/mol. The number of nitrogens with one attached hydrogen (secondary N) is 2. The molecule has 24 heavy (non-hydrogen) atoms. The molecule has 3 heterocycles. The smallest absolute Gasteiger partial charge is 0.255 e. The number of carbonyl (C=O) groups excluding carboxylic acids is 1. The Balaban J connectivity index is 1.81. The van der Waals surface area contributed by atoms with Gasteiger partial charge in [-0.3, -0.25) is 9.89 Å². The largest absolute Gasteiger partial charge is 0.368 e. The topological polar surface area (TPSA) is 73.9 Å². The van der Waals surface area contributed by atoms with E-state index < -0.39 is 0 Å². The van der Waals surface area contributed by atoms with Gasteiger partial charge in [-0.1, -0.05) is 0 Å². The molecule has 0 aliphatic carbocycles. The van der Waals surface area contributed by atoms with Gasteiger partial charge in [-0.25, -0.2) is 4.98 Å². The quantitative estimate of drug-likeness (QED) is 0.904. The molecule has 0 bridgehead atoms. The molecule has 0 saturated carbocycles. The number of aryl methyl sites for hydroxylation is 2. The molecule has 3 rings (SSSR count). The normalized spacial score (nSPS) is 17.5. The zero-order chi connectivity index (χ0) is 17.3. The van der Waals surface area contributed by atoms with Crippen LogP contribution < -0.4 is 5.32 Å². The predicted molar refractivity (Wildman–Crippen MR) is 94.1 cm³/mol. The molecule has 1 aliphatic heterocycles. The van der Waals surface area contributed by atoms with Crippen molar-refractivity contribution in [3.05, 3.63) is 40.8 Å². The molecular weight excluding hydrogens is 302 g/mol. The van der Waals surface area contributed by atoms with Gasteiger partial charge < -0.3 is 10.2 Å². The number of hydrogen-bond acceptors (Lipinski definition) is 4. The van der Waals surface area contributed by atoms with Gasteiger partial charge in [-0.2, -0.15) is 5.10 Å². The highest BCUT2D eigenvalue weighted by Crippen LogP contribution is 2.35. The molecule has 1 amide bonds. The molecule has 2 N–H and O–H groups in total. The molecule has 1 fully saturated rings. The number of amides is 1. The summed E-state index contributed by atoms with van der Waals surface area (Å²) in [4.78, 5) is 19.3. The van der Waals surface area contributed by atoms with E-state index in [9.17, 15) is 4.79 Å². The van der Waals surface area contributed by atoms with Gasteiger partial charge in [0.2, 0.25) is 0 Å². The summed E-state index contributed by atoms with van der Waals surface area (Å²) in [6.45, 7) is 8.91. The van der Waals surface area contributed by atoms with Gasteiger partial charge in [0, 0.05) is 30.0 Å². The Bertz CT molecular complexity index is 700. The Labute approximate surface area is 142 Å². The Kier molecular flexibility index (Phi) is 4.55. The average Bonchev–Trinajstić information content (AvgIpc) is 3.13. The number of carbonyl (C=O) groups is 1. The molecule has 0 spiro atoms. The number of likely N-dealkylation sites (tertiary alicyclic amines) is 1. The Morgan fingerprint density at radius 2 is 2.17 bits per heavy atom. The van der Waals surface area contributed by atoms with Crippen LogP contribution in [0.25, 0.3) is 0 Å². The maximum absolute atomic E-state index is 12.9. The SMILES string of the molecule is Cc1n[nH]c(C)c1C1CCCN1C(=O)c1ccc(NC(C)C)nc1. The van der Waals surface area contributed by atoms with E-state index in [4.69, 9.17) is 0 Å². The highest BCUT2D eigenvalue weighted by molar-refractivity contribution is 5.94. The van der Waals surface area contributed by atoms with Gasteiger partial charge in [-0.05, 0) is 52.7 Å². The van der Waals surface area contributed by atoms with Crippen LogP contribution in [0.4, 0.5) is 5.82 Å². The van der Waals surface area contributed by atoms with Crippen molar-refractivity contribution in [1.29, 1.82) is 0 Å². The van der Waals surface area contributed by atoms with Crippen molar-refractivity contribution in [1.82, 2.24) is 20.1 Å². The van der Waals surface area contributed by atoms with Gasteiger partial charge in [0.05, 0.1) is 17.3 Å². The van der Waals surface area contributed by atoms with E-state index in [0.717, 1.165) is 42.2 Å². The molecule has 6 heteroatoms. The molecular formula is C18H25N5O. The highest BCUT2D eigenvalue weighted by Gasteiger charge is 2.33. The second-order valence-corrected chi connectivity index (χ2v) is 6.74. The standard InChI is InChI=1S/C18H25N5O/c1-11(2)20-16-8-7-14(10-19-16)18(24)23-9-5-6-15(23)17-12(3)21-22-13(17)4/h7-8,10-11,15H,5-6,9H2,1-4H3,(H,19,20)(H,21,22). The number of nitrogens with zero attached hydrogens (tertiary/aromatic N) is 3. The predicted octanol–water partition coefficient (Wildman–Crippen LogP) is 3.22. The first-order valence-electron chi connectivity index (χ1n) is 8.52. The summed E-state index contributed by atoms with van der Waals surface area (Å²) in [5.41, 5.74) is 3.82. The zero-order valence-electron chi connectivity index (χ0n) is 14.8. The third kappa shape index (κ3) is 3.13. The first-order chi connectivity index (χ1) is 11.5. The highest BCUT2D eigenvalue weighted by atomic mass is 16.2. The summed E-state index contributed by atoms with van der Waals surface area (Å²) in [6.07, 6.45) is 3.66. The summed E-state index contributed by atoms with van der Waals surface area (Å²) in [7, 11) is 0.